The third kappa shape index (κ3) is 3.45. The number of alkyl halides is 14. The van der Waals surface area contributed by atoms with Crippen LogP contribution in [-0.2, 0) is 0 Å². The topological polar surface area (TPSA) is 0 Å². The van der Waals surface area contributed by atoms with Gasteiger partial charge in [0.25, 0.3) is 0 Å². The van der Waals surface area contributed by atoms with Crippen molar-refractivity contribution < 1.29 is 61.5 Å². The molecular weight excluding hydrogens is 377 g/mol. The summed E-state index contributed by atoms with van der Waals surface area (Å²) < 4.78 is 166. The van der Waals surface area contributed by atoms with E-state index in [-0.39, 0.29) is 51.4 Å². The van der Waals surface area contributed by atoms with Gasteiger partial charge in [-0.3, -0.25) is 0 Å². The van der Waals surface area contributed by atoms with Crippen molar-refractivity contribution in [3.63, 3.8) is 0 Å². The Kier molecular flexibility index (Phi) is 6.76. The standard InChI is InChI=1S/C6F14.K/c7-1(8,3(11,12)5(15,16)17)2(9,10)4(13,14)6(18,19)20;. The predicted molar refractivity (Wildman–Crippen MR) is 37.7 cm³/mol. The molecule has 0 unspecified atom stereocenters. The Morgan fingerprint density at radius 3 is 0.524 bits per heavy atom. The van der Waals surface area contributed by atoms with E-state index in [1.807, 2.05) is 0 Å². The molecule has 1 radical (unpaired) electrons. The zero-order valence-electron chi connectivity index (χ0n) is 9.29. The van der Waals surface area contributed by atoms with E-state index < -0.39 is 36.0 Å². The van der Waals surface area contributed by atoms with Crippen LogP contribution in [-0.4, -0.2) is 87.4 Å². The van der Waals surface area contributed by atoms with Gasteiger partial charge in [0.05, 0.1) is 0 Å². The fourth-order valence-electron chi connectivity index (χ4n) is 0.750. The minimum absolute atomic E-state index is 0. The fourth-order valence-corrected chi connectivity index (χ4v) is 0.750. The Hall–Kier alpha value is 0.656. The van der Waals surface area contributed by atoms with Gasteiger partial charge in [0.15, 0.2) is 0 Å². The monoisotopic (exact) mass is 377 g/mol. The van der Waals surface area contributed by atoms with E-state index in [1.165, 1.54) is 0 Å². The average Bonchev–Trinajstić information content (AvgIpc) is 2.12. The van der Waals surface area contributed by atoms with Crippen molar-refractivity contribution in [3.05, 3.63) is 0 Å². The molecule has 0 aromatic carbocycles. The molecule has 0 N–H and O–H groups in total. The second kappa shape index (κ2) is 5.94. The molecule has 0 saturated heterocycles. The molecule has 0 heterocycles. The first-order valence-corrected chi connectivity index (χ1v) is 3.90. The Bertz CT molecular complexity index is 325. The molecule has 0 aliphatic carbocycles. The smallest absolute Gasteiger partial charge is 0.192 e. The first-order chi connectivity index (χ1) is 8.25. The molecule has 0 spiro atoms. The molecule has 0 aliphatic heterocycles. The Morgan fingerprint density at radius 2 is 0.429 bits per heavy atom. The quantitative estimate of drug-likeness (QED) is 0.509. The van der Waals surface area contributed by atoms with Crippen molar-refractivity contribution in [2.75, 3.05) is 0 Å². The summed E-state index contributed by atoms with van der Waals surface area (Å²) in [5.41, 5.74) is 0. The summed E-state index contributed by atoms with van der Waals surface area (Å²) in [6.07, 6.45) is -15.0. The van der Waals surface area contributed by atoms with Crippen LogP contribution in [0.15, 0.2) is 0 Å². The molecule has 0 rings (SSSR count). The minimum atomic E-state index is -8.04. The Labute approximate surface area is 148 Å². The van der Waals surface area contributed by atoms with Crippen LogP contribution in [0.3, 0.4) is 0 Å². The predicted octanol–water partition coefficient (Wildman–Crippen LogP) is 4.27. The van der Waals surface area contributed by atoms with Crippen LogP contribution in [0.1, 0.15) is 0 Å². The van der Waals surface area contributed by atoms with Crippen molar-refractivity contribution >= 4 is 51.4 Å². The summed E-state index contributed by atoms with van der Waals surface area (Å²) >= 11 is 0. The molecular formula is C6F14K. The van der Waals surface area contributed by atoms with Gasteiger partial charge in [-0.15, -0.1) is 0 Å². The van der Waals surface area contributed by atoms with Gasteiger partial charge in [0.1, 0.15) is 0 Å². The molecule has 15 heteroatoms. The first kappa shape index (κ1) is 23.9. The van der Waals surface area contributed by atoms with Crippen molar-refractivity contribution in [1.82, 2.24) is 0 Å². The van der Waals surface area contributed by atoms with Gasteiger partial charge in [0.2, 0.25) is 0 Å². The van der Waals surface area contributed by atoms with Crippen LogP contribution in [0, 0.1) is 0 Å². The average molecular weight is 377 g/mol. The first-order valence-electron chi connectivity index (χ1n) is 3.90. The van der Waals surface area contributed by atoms with Crippen molar-refractivity contribution in [2.24, 2.45) is 0 Å². The number of hydrogen-bond acceptors (Lipinski definition) is 0. The van der Waals surface area contributed by atoms with E-state index in [4.69, 9.17) is 0 Å². The molecule has 0 amide bonds. The van der Waals surface area contributed by atoms with Gasteiger partial charge in [-0.1, -0.05) is 0 Å². The second-order valence-electron chi connectivity index (χ2n) is 3.29. The van der Waals surface area contributed by atoms with Crippen LogP contribution in [0.5, 0.6) is 0 Å². The van der Waals surface area contributed by atoms with Gasteiger partial charge in [-0.25, -0.2) is 0 Å². The molecule has 0 nitrogen and oxygen atoms in total. The summed E-state index contributed by atoms with van der Waals surface area (Å²) in [5.74, 6) is -31.7. The zero-order valence-corrected chi connectivity index (χ0v) is 12.4. The second-order valence-corrected chi connectivity index (χ2v) is 3.29. The van der Waals surface area contributed by atoms with E-state index in [0.29, 0.717) is 0 Å². The van der Waals surface area contributed by atoms with E-state index in [2.05, 4.69) is 0 Å². The summed E-state index contributed by atoms with van der Waals surface area (Å²) in [5, 5.41) is 0. The van der Waals surface area contributed by atoms with Crippen LogP contribution in [0.2, 0.25) is 0 Å². The van der Waals surface area contributed by atoms with E-state index in [0.717, 1.165) is 0 Å². The molecule has 123 valence electrons. The molecule has 0 aliphatic rings. The Balaban J connectivity index is 0. The van der Waals surface area contributed by atoms with Gasteiger partial charge in [-0.2, -0.15) is 61.5 Å². The van der Waals surface area contributed by atoms with Gasteiger partial charge in [-0.05, 0) is 0 Å². The maximum absolute atomic E-state index is 12.3. The van der Waals surface area contributed by atoms with Crippen LogP contribution in [0.4, 0.5) is 61.5 Å². The summed E-state index contributed by atoms with van der Waals surface area (Å²) in [7, 11) is 0. The van der Waals surface area contributed by atoms with Crippen molar-refractivity contribution in [1.29, 1.82) is 0 Å². The molecule has 0 atom stereocenters. The summed E-state index contributed by atoms with van der Waals surface area (Å²) in [4.78, 5) is 0. The summed E-state index contributed by atoms with van der Waals surface area (Å²) in [6, 6.07) is 0. The maximum Gasteiger partial charge on any atom is 0.460 e. The van der Waals surface area contributed by atoms with Crippen LogP contribution in [0.25, 0.3) is 0 Å². The molecule has 21 heavy (non-hydrogen) atoms. The van der Waals surface area contributed by atoms with Crippen LogP contribution >= 0.6 is 0 Å². The SMILES string of the molecule is FC(F)(F)C(F)(F)C(F)(F)C(F)(F)C(F)(F)C(F)(F)F.[K]. The van der Waals surface area contributed by atoms with E-state index >= 15 is 0 Å². The fraction of sp³-hybridized carbons (Fsp3) is 1.00. The molecule has 0 aromatic heterocycles. The van der Waals surface area contributed by atoms with E-state index in [9.17, 15) is 61.5 Å². The minimum Gasteiger partial charge on any atom is -0.192 e. The molecule has 0 fully saturated rings. The van der Waals surface area contributed by atoms with Gasteiger partial charge < -0.3 is 0 Å². The largest absolute Gasteiger partial charge is 0.460 e. The van der Waals surface area contributed by atoms with Crippen molar-refractivity contribution in [3.8, 4) is 0 Å². The Morgan fingerprint density at radius 1 is 0.286 bits per heavy atom. The van der Waals surface area contributed by atoms with E-state index in [1.54, 1.807) is 0 Å². The van der Waals surface area contributed by atoms with Gasteiger partial charge >= 0.3 is 36.0 Å². The maximum atomic E-state index is 12.3. The number of halogens is 14. The number of hydrogen-bond donors (Lipinski definition) is 0. The number of rotatable bonds is 3. The zero-order chi connectivity index (χ0) is 17.0. The van der Waals surface area contributed by atoms with Crippen LogP contribution < -0.4 is 0 Å². The molecule has 0 saturated carbocycles. The van der Waals surface area contributed by atoms with Gasteiger partial charge in [0, 0.05) is 51.4 Å². The molecule has 0 aromatic rings. The molecule has 0 bridgehead atoms. The third-order valence-electron chi connectivity index (χ3n) is 1.90. The normalized spacial score (nSPS) is 15.7. The third-order valence-corrected chi connectivity index (χ3v) is 1.90. The summed E-state index contributed by atoms with van der Waals surface area (Å²) in [6.45, 7) is 0. The van der Waals surface area contributed by atoms with Crippen molar-refractivity contribution in [2.45, 2.75) is 36.0 Å².